The summed E-state index contributed by atoms with van der Waals surface area (Å²) in [6, 6.07) is 12.7. The smallest absolute Gasteiger partial charge is 0.361 e. The summed E-state index contributed by atoms with van der Waals surface area (Å²) < 4.78 is 38.0. The number of halogens is 3. The molecule has 0 radical (unpaired) electrons. The first-order valence-corrected chi connectivity index (χ1v) is 8.11. The quantitative estimate of drug-likeness (QED) is 0.646. The Labute approximate surface area is 148 Å². The molecule has 1 aromatic heterocycles. The second kappa shape index (κ2) is 7.47. The van der Waals surface area contributed by atoms with Gasteiger partial charge in [0.25, 0.3) is 0 Å². The molecule has 0 saturated heterocycles. The van der Waals surface area contributed by atoms with E-state index in [1.807, 2.05) is 30.5 Å². The van der Waals surface area contributed by atoms with Crippen molar-refractivity contribution >= 4 is 22.9 Å². The normalized spacial score (nSPS) is 12.0. The number of aromatic nitrogens is 1. The highest BCUT2D eigenvalue weighted by Crippen LogP contribution is 2.29. The Balaban J connectivity index is 1.55. The Hall–Kier alpha value is -3.02. The van der Waals surface area contributed by atoms with E-state index in [9.17, 15) is 18.0 Å². The monoisotopic (exact) mass is 358 g/mol. The first-order chi connectivity index (χ1) is 12.4. The van der Waals surface area contributed by atoms with Gasteiger partial charge in [-0.15, -0.1) is 0 Å². The number of fused-ring (bicyclic) bond motifs is 1. The van der Waals surface area contributed by atoms with Crippen LogP contribution >= 0.6 is 0 Å². The fraction of sp³-hybridized carbons (Fsp3) is 0.150. The number of aromatic amines is 1. The summed E-state index contributed by atoms with van der Waals surface area (Å²) in [7, 11) is 0. The van der Waals surface area contributed by atoms with Gasteiger partial charge in [-0.1, -0.05) is 30.3 Å². The lowest BCUT2D eigenvalue weighted by atomic mass is 10.1. The largest absolute Gasteiger partial charge is 0.416 e. The lowest BCUT2D eigenvalue weighted by Crippen LogP contribution is -2.23. The predicted molar refractivity (Wildman–Crippen MR) is 95.5 cm³/mol. The van der Waals surface area contributed by atoms with Crippen LogP contribution in [0.3, 0.4) is 0 Å². The number of rotatable bonds is 5. The van der Waals surface area contributed by atoms with E-state index in [0.29, 0.717) is 18.5 Å². The number of nitrogens with one attached hydrogen (secondary N) is 2. The maximum Gasteiger partial charge on any atom is 0.416 e. The van der Waals surface area contributed by atoms with Crippen molar-refractivity contribution in [3.05, 3.63) is 77.5 Å². The number of hydrogen-bond acceptors (Lipinski definition) is 1. The highest BCUT2D eigenvalue weighted by Gasteiger charge is 2.30. The van der Waals surface area contributed by atoms with Gasteiger partial charge in [0, 0.05) is 29.7 Å². The molecule has 0 bridgehead atoms. The van der Waals surface area contributed by atoms with Crippen molar-refractivity contribution in [3.8, 4) is 0 Å². The second-order valence-corrected chi connectivity index (χ2v) is 5.86. The fourth-order valence-electron chi connectivity index (χ4n) is 2.71. The van der Waals surface area contributed by atoms with Crippen LogP contribution < -0.4 is 5.32 Å². The van der Waals surface area contributed by atoms with Crippen molar-refractivity contribution < 1.29 is 18.0 Å². The second-order valence-electron chi connectivity index (χ2n) is 5.86. The van der Waals surface area contributed by atoms with Crippen LogP contribution in [0.5, 0.6) is 0 Å². The molecular weight excluding hydrogens is 341 g/mol. The van der Waals surface area contributed by atoms with Crippen LogP contribution in [0, 0.1) is 0 Å². The molecule has 6 heteroatoms. The highest BCUT2D eigenvalue weighted by molar-refractivity contribution is 5.91. The van der Waals surface area contributed by atoms with E-state index < -0.39 is 11.7 Å². The number of carbonyl (C=O) groups excluding carboxylic acids is 1. The first kappa shape index (κ1) is 17.8. The molecule has 2 aromatic carbocycles. The zero-order chi connectivity index (χ0) is 18.6. The number of benzene rings is 2. The number of H-pyrrole nitrogens is 1. The molecule has 0 atom stereocenters. The van der Waals surface area contributed by atoms with Gasteiger partial charge >= 0.3 is 6.18 Å². The average Bonchev–Trinajstić information content (AvgIpc) is 3.03. The average molecular weight is 358 g/mol. The van der Waals surface area contributed by atoms with E-state index in [-0.39, 0.29) is 5.91 Å². The van der Waals surface area contributed by atoms with Gasteiger partial charge in [-0.2, -0.15) is 13.2 Å². The van der Waals surface area contributed by atoms with Crippen molar-refractivity contribution in [2.24, 2.45) is 0 Å². The minimum atomic E-state index is -4.40. The van der Waals surface area contributed by atoms with Crippen LogP contribution in [0.15, 0.2) is 60.8 Å². The lowest BCUT2D eigenvalue weighted by Gasteiger charge is -2.06. The number of para-hydroxylation sites is 1. The summed E-state index contributed by atoms with van der Waals surface area (Å²) in [5, 5.41) is 3.85. The molecule has 3 aromatic rings. The van der Waals surface area contributed by atoms with Gasteiger partial charge in [0.05, 0.1) is 5.56 Å². The Morgan fingerprint density at radius 1 is 1.12 bits per heavy atom. The molecule has 3 rings (SSSR count). The van der Waals surface area contributed by atoms with Crippen molar-refractivity contribution in [1.82, 2.24) is 10.3 Å². The molecule has 0 aliphatic carbocycles. The van der Waals surface area contributed by atoms with Crippen molar-refractivity contribution in [3.63, 3.8) is 0 Å². The molecule has 1 amide bonds. The fourth-order valence-corrected chi connectivity index (χ4v) is 2.71. The standard InChI is InChI=1S/C20H17F3N2O/c21-20(22,23)16-5-3-4-14(12-16)8-9-19(26)24-11-10-15-13-25-18-7-2-1-6-17(15)18/h1-9,12-13,25H,10-11H2,(H,24,26)/b9-8+. The highest BCUT2D eigenvalue weighted by atomic mass is 19.4. The SMILES string of the molecule is O=C(/C=C/c1cccc(C(F)(F)F)c1)NCCc1c[nH]c2ccccc12. The molecule has 1 heterocycles. The maximum absolute atomic E-state index is 12.7. The summed E-state index contributed by atoms with van der Waals surface area (Å²) in [5.41, 5.74) is 1.73. The van der Waals surface area contributed by atoms with Gasteiger partial charge in [-0.25, -0.2) is 0 Å². The molecule has 0 fully saturated rings. The van der Waals surface area contributed by atoms with E-state index >= 15 is 0 Å². The van der Waals surface area contributed by atoms with Crippen LogP contribution in [0.4, 0.5) is 13.2 Å². The zero-order valence-electron chi connectivity index (χ0n) is 13.8. The summed E-state index contributed by atoms with van der Waals surface area (Å²) in [4.78, 5) is 15.0. The molecule has 3 nitrogen and oxygen atoms in total. The summed E-state index contributed by atoms with van der Waals surface area (Å²) in [5.74, 6) is -0.345. The predicted octanol–water partition coefficient (Wildman–Crippen LogP) is 4.56. The molecule has 134 valence electrons. The summed E-state index contributed by atoms with van der Waals surface area (Å²) in [6.07, 6.45) is 0.787. The molecular formula is C20H17F3N2O. The number of alkyl halides is 3. The lowest BCUT2D eigenvalue weighted by molar-refractivity contribution is -0.137. The number of amides is 1. The topological polar surface area (TPSA) is 44.9 Å². The van der Waals surface area contributed by atoms with Crippen LogP contribution in [-0.4, -0.2) is 17.4 Å². The van der Waals surface area contributed by atoms with E-state index in [1.165, 1.54) is 24.3 Å². The molecule has 2 N–H and O–H groups in total. The first-order valence-electron chi connectivity index (χ1n) is 8.11. The van der Waals surface area contributed by atoms with Gasteiger partial charge in [0.15, 0.2) is 0 Å². The zero-order valence-corrected chi connectivity index (χ0v) is 13.8. The number of hydrogen-bond donors (Lipinski definition) is 2. The van der Waals surface area contributed by atoms with Gasteiger partial charge in [-0.05, 0) is 41.8 Å². The van der Waals surface area contributed by atoms with Crippen LogP contribution in [0.2, 0.25) is 0 Å². The summed E-state index contributed by atoms with van der Waals surface area (Å²) in [6.45, 7) is 0.438. The maximum atomic E-state index is 12.7. The van der Waals surface area contributed by atoms with Crippen LogP contribution in [-0.2, 0) is 17.4 Å². The Bertz CT molecular complexity index is 941. The molecule has 0 aliphatic rings. The molecule has 0 spiro atoms. The third-order valence-corrected chi connectivity index (χ3v) is 4.01. The molecule has 0 unspecified atom stereocenters. The Morgan fingerprint density at radius 2 is 1.92 bits per heavy atom. The van der Waals surface area contributed by atoms with Crippen molar-refractivity contribution in [2.45, 2.75) is 12.6 Å². The van der Waals surface area contributed by atoms with Crippen LogP contribution in [0.25, 0.3) is 17.0 Å². The minimum absolute atomic E-state index is 0.326. The van der Waals surface area contributed by atoms with Gasteiger partial charge < -0.3 is 10.3 Å². The molecule has 26 heavy (non-hydrogen) atoms. The van der Waals surface area contributed by atoms with Crippen molar-refractivity contribution in [1.29, 1.82) is 0 Å². The Morgan fingerprint density at radius 3 is 2.73 bits per heavy atom. The van der Waals surface area contributed by atoms with E-state index in [1.54, 1.807) is 0 Å². The van der Waals surface area contributed by atoms with E-state index in [0.717, 1.165) is 28.6 Å². The van der Waals surface area contributed by atoms with E-state index in [4.69, 9.17) is 0 Å². The third kappa shape index (κ3) is 4.33. The van der Waals surface area contributed by atoms with E-state index in [2.05, 4.69) is 10.3 Å². The summed E-state index contributed by atoms with van der Waals surface area (Å²) >= 11 is 0. The minimum Gasteiger partial charge on any atom is -0.361 e. The van der Waals surface area contributed by atoms with Crippen molar-refractivity contribution in [2.75, 3.05) is 6.54 Å². The third-order valence-electron chi connectivity index (χ3n) is 4.01. The van der Waals surface area contributed by atoms with Gasteiger partial charge in [0.1, 0.15) is 0 Å². The van der Waals surface area contributed by atoms with Crippen LogP contribution in [0.1, 0.15) is 16.7 Å². The van der Waals surface area contributed by atoms with Gasteiger partial charge in [-0.3, -0.25) is 4.79 Å². The molecule has 0 aliphatic heterocycles. The molecule has 0 saturated carbocycles. The number of carbonyl (C=O) groups is 1. The Kier molecular flexibility index (Phi) is 5.11. The van der Waals surface area contributed by atoms with Gasteiger partial charge in [0.2, 0.25) is 5.91 Å².